The number of hydrogen-bond acceptors (Lipinski definition) is 3. The summed E-state index contributed by atoms with van der Waals surface area (Å²) in [7, 11) is 0. The van der Waals surface area contributed by atoms with E-state index in [1.54, 1.807) is 11.0 Å². The smallest absolute Gasteiger partial charge is 0.254 e. The van der Waals surface area contributed by atoms with Crippen LogP contribution < -0.4 is 5.32 Å². The van der Waals surface area contributed by atoms with Crippen LogP contribution in [0.15, 0.2) is 24.3 Å². The molecule has 2 aliphatic heterocycles. The zero-order valence-corrected chi connectivity index (χ0v) is 13.3. The number of amides is 2. The Hall–Kier alpha value is -1.95. The molecule has 3 rings (SSSR count). The predicted molar refractivity (Wildman–Crippen MR) is 82.4 cm³/mol. The first kappa shape index (κ1) is 15.9. The van der Waals surface area contributed by atoms with Crippen molar-refractivity contribution in [2.75, 3.05) is 13.2 Å². The number of nitrogens with one attached hydrogen (secondary N) is 1. The lowest BCUT2D eigenvalue weighted by atomic mass is 10.0. The summed E-state index contributed by atoms with van der Waals surface area (Å²) < 4.78 is 19.1. The number of ether oxygens (including phenoxy) is 1. The average molecular weight is 320 g/mol. The van der Waals surface area contributed by atoms with Crippen molar-refractivity contribution in [1.82, 2.24) is 10.2 Å². The highest BCUT2D eigenvalue weighted by atomic mass is 19.1. The van der Waals surface area contributed by atoms with E-state index in [-0.39, 0.29) is 35.9 Å². The Morgan fingerprint density at radius 1 is 1.39 bits per heavy atom. The van der Waals surface area contributed by atoms with E-state index in [9.17, 15) is 14.0 Å². The number of rotatable bonds is 3. The summed E-state index contributed by atoms with van der Waals surface area (Å²) in [5.74, 6) is -1.15. The number of carbonyl (C=O) groups is 2. The van der Waals surface area contributed by atoms with Gasteiger partial charge in [-0.3, -0.25) is 9.59 Å². The van der Waals surface area contributed by atoms with Gasteiger partial charge in [0.2, 0.25) is 5.91 Å². The third-order valence-corrected chi connectivity index (χ3v) is 4.39. The predicted octanol–water partition coefficient (Wildman–Crippen LogP) is 1.58. The molecule has 0 unspecified atom stereocenters. The summed E-state index contributed by atoms with van der Waals surface area (Å²) >= 11 is 0. The molecule has 0 spiro atoms. The Morgan fingerprint density at radius 2 is 2.17 bits per heavy atom. The Bertz CT molecular complexity index is 620. The summed E-state index contributed by atoms with van der Waals surface area (Å²) in [6, 6.07) is 5.57. The zero-order valence-electron chi connectivity index (χ0n) is 13.3. The first-order valence-electron chi connectivity index (χ1n) is 7.96. The van der Waals surface area contributed by atoms with Gasteiger partial charge in [-0.25, -0.2) is 4.39 Å². The van der Waals surface area contributed by atoms with Crippen LogP contribution in [0.5, 0.6) is 0 Å². The second-order valence-corrected chi connectivity index (χ2v) is 6.43. The van der Waals surface area contributed by atoms with E-state index in [0.717, 1.165) is 0 Å². The van der Waals surface area contributed by atoms with Gasteiger partial charge in [-0.2, -0.15) is 0 Å². The highest BCUT2D eigenvalue weighted by molar-refractivity contribution is 5.95. The van der Waals surface area contributed by atoms with Crippen LogP contribution in [-0.4, -0.2) is 48.1 Å². The van der Waals surface area contributed by atoms with E-state index in [1.165, 1.54) is 18.2 Å². The van der Waals surface area contributed by atoms with Gasteiger partial charge in [0, 0.05) is 24.8 Å². The minimum Gasteiger partial charge on any atom is -0.375 e. The van der Waals surface area contributed by atoms with Crippen molar-refractivity contribution in [2.24, 2.45) is 5.92 Å². The Labute approximate surface area is 134 Å². The van der Waals surface area contributed by atoms with Crippen molar-refractivity contribution < 1.29 is 18.7 Å². The van der Waals surface area contributed by atoms with Gasteiger partial charge in [-0.05, 0) is 38.5 Å². The number of fused-ring (bicyclic) bond motifs is 1. The fourth-order valence-corrected chi connectivity index (χ4v) is 3.41. The first-order valence-corrected chi connectivity index (χ1v) is 7.96. The monoisotopic (exact) mass is 320 g/mol. The molecule has 1 aromatic rings. The minimum atomic E-state index is -0.441. The first-order chi connectivity index (χ1) is 11.0. The maximum atomic E-state index is 13.4. The fourth-order valence-electron chi connectivity index (χ4n) is 3.41. The van der Waals surface area contributed by atoms with Crippen LogP contribution in [-0.2, 0) is 9.53 Å². The van der Waals surface area contributed by atoms with Gasteiger partial charge in [0.15, 0.2) is 0 Å². The standard InChI is InChI=1S/C17H21FN2O3/c1-10(2)19-16(21)13-9-20(14-6-7-23-15(13)14)17(22)11-4-3-5-12(18)8-11/h3-5,8,10,13-15H,6-7,9H2,1-2H3,(H,19,21)/t13-,14-,15-/m1/s1. The number of nitrogens with zero attached hydrogens (tertiary/aromatic N) is 1. The molecule has 5 nitrogen and oxygen atoms in total. The molecule has 23 heavy (non-hydrogen) atoms. The number of halogens is 1. The second-order valence-electron chi connectivity index (χ2n) is 6.43. The van der Waals surface area contributed by atoms with Crippen molar-refractivity contribution in [3.05, 3.63) is 35.6 Å². The van der Waals surface area contributed by atoms with Crippen LogP contribution in [0.4, 0.5) is 4.39 Å². The lowest BCUT2D eigenvalue weighted by Gasteiger charge is -2.22. The van der Waals surface area contributed by atoms with Crippen LogP contribution >= 0.6 is 0 Å². The number of carbonyl (C=O) groups excluding carboxylic acids is 2. The van der Waals surface area contributed by atoms with Crippen molar-refractivity contribution in [2.45, 2.75) is 38.5 Å². The maximum absolute atomic E-state index is 13.4. The normalized spacial score (nSPS) is 26.4. The lowest BCUT2D eigenvalue weighted by molar-refractivity contribution is -0.128. The van der Waals surface area contributed by atoms with E-state index in [1.807, 2.05) is 13.8 Å². The van der Waals surface area contributed by atoms with E-state index >= 15 is 0 Å². The molecule has 0 bridgehead atoms. The summed E-state index contributed by atoms with van der Waals surface area (Å²) in [6.45, 7) is 4.64. The summed E-state index contributed by atoms with van der Waals surface area (Å²) in [5, 5.41) is 2.89. The van der Waals surface area contributed by atoms with Gasteiger partial charge in [0.1, 0.15) is 5.82 Å². The molecule has 2 aliphatic rings. The van der Waals surface area contributed by atoms with Gasteiger partial charge in [0.25, 0.3) is 5.91 Å². The Balaban J connectivity index is 1.80. The third kappa shape index (κ3) is 3.08. The largest absolute Gasteiger partial charge is 0.375 e. The van der Waals surface area contributed by atoms with Crippen molar-refractivity contribution in [3.63, 3.8) is 0 Å². The SMILES string of the molecule is CC(C)NC(=O)[C@@H]1CN(C(=O)c2cccc(F)c2)[C@@H]2CCO[C@@H]21. The Kier molecular flexibility index (Phi) is 4.35. The zero-order chi connectivity index (χ0) is 16.6. The molecule has 2 fully saturated rings. The minimum absolute atomic E-state index is 0.0373. The van der Waals surface area contributed by atoms with Crippen LogP contribution in [0.3, 0.4) is 0 Å². The van der Waals surface area contributed by atoms with E-state index in [2.05, 4.69) is 5.32 Å². The number of likely N-dealkylation sites (tertiary alicyclic amines) is 1. The van der Waals surface area contributed by atoms with Crippen molar-refractivity contribution in [1.29, 1.82) is 0 Å². The molecule has 0 aromatic heterocycles. The molecule has 0 radical (unpaired) electrons. The molecule has 0 aliphatic carbocycles. The number of hydrogen-bond donors (Lipinski definition) is 1. The molecule has 6 heteroatoms. The van der Waals surface area contributed by atoms with Crippen molar-refractivity contribution in [3.8, 4) is 0 Å². The molecule has 0 saturated carbocycles. The quantitative estimate of drug-likeness (QED) is 0.920. The van der Waals surface area contributed by atoms with Gasteiger partial charge in [0.05, 0.1) is 18.1 Å². The van der Waals surface area contributed by atoms with Crippen LogP contribution in [0.1, 0.15) is 30.6 Å². The Morgan fingerprint density at radius 3 is 2.87 bits per heavy atom. The van der Waals surface area contributed by atoms with E-state index < -0.39 is 5.82 Å². The molecular formula is C17H21FN2O3. The van der Waals surface area contributed by atoms with Crippen LogP contribution in [0.25, 0.3) is 0 Å². The molecular weight excluding hydrogens is 299 g/mol. The summed E-state index contributed by atoms with van der Waals surface area (Å²) in [5.41, 5.74) is 0.306. The van der Waals surface area contributed by atoms with E-state index in [4.69, 9.17) is 4.74 Å². The van der Waals surface area contributed by atoms with Crippen LogP contribution in [0.2, 0.25) is 0 Å². The maximum Gasteiger partial charge on any atom is 0.254 e. The van der Waals surface area contributed by atoms with Crippen molar-refractivity contribution >= 4 is 11.8 Å². The lowest BCUT2D eigenvalue weighted by Crippen LogP contribution is -2.41. The molecule has 124 valence electrons. The average Bonchev–Trinajstić information content (AvgIpc) is 3.07. The van der Waals surface area contributed by atoms with Crippen LogP contribution in [0, 0.1) is 11.7 Å². The third-order valence-electron chi connectivity index (χ3n) is 4.39. The van der Waals surface area contributed by atoms with Gasteiger partial charge in [-0.1, -0.05) is 6.07 Å². The summed E-state index contributed by atoms with van der Waals surface area (Å²) in [4.78, 5) is 26.7. The molecule has 1 N–H and O–H groups in total. The molecule has 3 atom stereocenters. The second kappa shape index (κ2) is 6.28. The topological polar surface area (TPSA) is 58.6 Å². The number of benzene rings is 1. The van der Waals surface area contributed by atoms with Gasteiger partial charge in [-0.15, -0.1) is 0 Å². The molecule has 2 saturated heterocycles. The molecule has 1 aromatic carbocycles. The van der Waals surface area contributed by atoms with Gasteiger partial charge < -0.3 is 15.0 Å². The fraction of sp³-hybridized carbons (Fsp3) is 0.529. The highest BCUT2D eigenvalue weighted by Gasteiger charge is 2.50. The highest BCUT2D eigenvalue weighted by Crippen LogP contribution is 2.34. The molecule has 2 heterocycles. The van der Waals surface area contributed by atoms with E-state index in [0.29, 0.717) is 25.1 Å². The van der Waals surface area contributed by atoms with Gasteiger partial charge >= 0.3 is 0 Å². The summed E-state index contributed by atoms with van der Waals surface area (Å²) in [6.07, 6.45) is 0.434. The molecule has 2 amide bonds.